The first-order valence-electron chi connectivity index (χ1n) is 5.38. The summed E-state index contributed by atoms with van der Waals surface area (Å²) in [5.74, 6) is -0.704. The molecule has 1 rings (SSSR count). The van der Waals surface area contributed by atoms with Gasteiger partial charge in [0.2, 0.25) is 0 Å². The number of amides is 1. The molecule has 104 valence electrons. The average Bonchev–Trinajstić information content (AvgIpc) is 2.37. The Bertz CT molecular complexity index is 451. The summed E-state index contributed by atoms with van der Waals surface area (Å²) >= 11 is 0. The van der Waals surface area contributed by atoms with Crippen molar-refractivity contribution in [3.63, 3.8) is 0 Å². The predicted octanol–water partition coefficient (Wildman–Crippen LogP) is 1.29. The normalized spacial score (nSPS) is 10.5. The number of aliphatic hydroxyl groups excluding tert-OH is 1. The number of hydrogen-bond donors (Lipinski definition) is 1. The summed E-state index contributed by atoms with van der Waals surface area (Å²) in [6.07, 6.45) is -2.71. The second-order valence-corrected chi connectivity index (χ2v) is 3.67. The molecule has 6 nitrogen and oxygen atoms in total. The van der Waals surface area contributed by atoms with Gasteiger partial charge in [0.15, 0.2) is 0 Å². The van der Waals surface area contributed by atoms with Crippen molar-refractivity contribution in [2.45, 2.75) is 6.43 Å². The number of non-ortho nitro benzene ring substituents is 1. The van der Waals surface area contributed by atoms with Gasteiger partial charge >= 0.3 is 0 Å². The number of hydrogen-bond acceptors (Lipinski definition) is 4. The first-order valence-corrected chi connectivity index (χ1v) is 5.38. The van der Waals surface area contributed by atoms with Crippen LogP contribution in [0, 0.1) is 10.1 Å². The minimum atomic E-state index is -2.71. The maximum absolute atomic E-state index is 12.3. The number of carbonyl (C=O) groups excluding carboxylic acids is 1. The summed E-state index contributed by atoms with van der Waals surface area (Å²) in [6, 6.07) is 4.62. The van der Waals surface area contributed by atoms with Crippen LogP contribution in [0.5, 0.6) is 0 Å². The molecule has 0 fully saturated rings. The van der Waals surface area contributed by atoms with Crippen molar-refractivity contribution in [3.05, 3.63) is 39.9 Å². The Kier molecular flexibility index (Phi) is 5.31. The second-order valence-electron chi connectivity index (χ2n) is 3.67. The maximum atomic E-state index is 12.3. The third-order valence-electron chi connectivity index (χ3n) is 2.34. The Morgan fingerprint density at radius 2 is 1.95 bits per heavy atom. The van der Waals surface area contributed by atoms with Gasteiger partial charge < -0.3 is 10.0 Å². The lowest BCUT2D eigenvalue weighted by molar-refractivity contribution is -0.384. The monoisotopic (exact) mass is 274 g/mol. The van der Waals surface area contributed by atoms with E-state index in [0.717, 1.165) is 17.0 Å². The Hall–Kier alpha value is -2.09. The average molecular weight is 274 g/mol. The SMILES string of the molecule is O=C(c1ccc([N+](=O)[O-])cc1)N(CCO)CC(F)F. The first kappa shape index (κ1) is 15.0. The van der Waals surface area contributed by atoms with E-state index in [1.54, 1.807) is 0 Å². The number of halogens is 2. The maximum Gasteiger partial charge on any atom is 0.269 e. The molecule has 0 atom stereocenters. The molecule has 8 heteroatoms. The van der Waals surface area contributed by atoms with Crippen LogP contribution in [-0.4, -0.2) is 47.0 Å². The number of carbonyl (C=O) groups is 1. The van der Waals surface area contributed by atoms with Gasteiger partial charge in [-0.25, -0.2) is 8.78 Å². The summed E-state index contributed by atoms with van der Waals surface area (Å²) in [5, 5.41) is 19.2. The molecule has 0 saturated carbocycles. The van der Waals surface area contributed by atoms with Gasteiger partial charge in [-0.05, 0) is 12.1 Å². The van der Waals surface area contributed by atoms with E-state index in [-0.39, 0.29) is 17.8 Å². The van der Waals surface area contributed by atoms with Gasteiger partial charge in [0.05, 0.1) is 18.1 Å². The molecule has 1 aromatic carbocycles. The van der Waals surface area contributed by atoms with Crippen molar-refractivity contribution < 1.29 is 23.6 Å². The van der Waals surface area contributed by atoms with E-state index in [4.69, 9.17) is 5.11 Å². The van der Waals surface area contributed by atoms with Crippen molar-refractivity contribution in [2.24, 2.45) is 0 Å². The molecule has 0 unspecified atom stereocenters. The van der Waals surface area contributed by atoms with Crippen LogP contribution in [0.4, 0.5) is 14.5 Å². The number of nitro benzene ring substituents is 1. The number of nitro groups is 1. The molecule has 0 aliphatic heterocycles. The summed E-state index contributed by atoms with van der Waals surface area (Å²) in [5.41, 5.74) is -0.140. The minimum Gasteiger partial charge on any atom is -0.395 e. The summed E-state index contributed by atoms with van der Waals surface area (Å²) in [7, 11) is 0. The third-order valence-corrected chi connectivity index (χ3v) is 2.34. The number of nitrogens with zero attached hydrogens (tertiary/aromatic N) is 2. The van der Waals surface area contributed by atoms with Crippen molar-refractivity contribution in [1.82, 2.24) is 4.90 Å². The highest BCUT2D eigenvalue weighted by atomic mass is 19.3. The van der Waals surface area contributed by atoms with Crippen LogP contribution in [-0.2, 0) is 0 Å². The Morgan fingerprint density at radius 3 is 2.37 bits per heavy atom. The van der Waals surface area contributed by atoms with Gasteiger partial charge in [-0.1, -0.05) is 0 Å². The lowest BCUT2D eigenvalue weighted by atomic mass is 10.2. The van der Waals surface area contributed by atoms with Crippen molar-refractivity contribution in [3.8, 4) is 0 Å². The Balaban J connectivity index is 2.86. The number of aliphatic hydroxyl groups is 1. The molecule has 1 N–H and O–H groups in total. The summed E-state index contributed by atoms with van der Waals surface area (Å²) in [6.45, 7) is -1.46. The van der Waals surface area contributed by atoms with Crippen molar-refractivity contribution in [2.75, 3.05) is 19.7 Å². The Morgan fingerprint density at radius 1 is 1.37 bits per heavy atom. The number of alkyl halides is 2. The lowest BCUT2D eigenvalue weighted by Crippen LogP contribution is -2.37. The second kappa shape index (κ2) is 6.74. The molecular weight excluding hydrogens is 262 g/mol. The van der Waals surface area contributed by atoms with E-state index < -0.39 is 30.4 Å². The first-order chi connectivity index (χ1) is 8.95. The van der Waals surface area contributed by atoms with Crippen LogP contribution in [0.25, 0.3) is 0 Å². The van der Waals surface area contributed by atoms with Gasteiger partial charge in [0, 0.05) is 24.2 Å². The smallest absolute Gasteiger partial charge is 0.269 e. The van der Waals surface area contributed by atoms with Crippen LogP contribution >= 0.6 is 0 Å². The zero-order chi connectivity index (χ0) is 14.4. The van der Waals surface area contributed by atoms with E-state index in [0.29, 0.717) is 0 Å². The molecular formula is C11H12F2N2O4. The quantitative estimate of drug-likeness (QED) is 0.626. The van der Waals surface area contributed by atoms with E-state index >= 15 is 0 Å². The van der Waals surface area contributed by atoms with Crippen LogP contribution in [0.2, 0.25) is 0 Å². The highest BCUT2D eigenvalue weighted by Gasteiger charge is 2.19. The molecule has 0 radical (unpaired) electrons. The fraction of sp³-hybridized carbons (Fsp3) is 0.364. The number of rotatable bonds is 6. The van der Waals surface area contributed by atoms with Crippen LogP contribution < -0.4 is 0 Å². The topological polar surface area (TPSA) is 83.7 Å². The van der Waals surface area contributed by atoms with Crippen molar-refractivity contribution >= 4 is 11.6 Å². The van der Waals surface area contributed by atoms with E-state index in [9.17, 15) is 23.7 Å². The third kappa shape index (κ3) is 4.25. The summed E-state index contributed by atoms with van der Waals surface area (Å²) in [4.78, 5) is 22.5. The van der Waals surface area contributed by atoms with Gasteiger partial charge in [-0.2, -0.15) is 0 Å². The number of benzene rings is 1. The van der Waals surface area contributed by atoms with Crippen LogP contribution in [0.1, 0.15) is 10.4 Å². The van der Waals surface area contributed by atoms with E-state index in [2.05, 4.69) is 0 Å². The molecule has 1 amide bonds. The standard InChI is InChI=1S/C11H12F2N2O4/c12-10(13)7-14(5-6-16)11(17)8-1-3-9(4-2-8)15(18)19/h1-4,10,16H,5-7H2. The molecule has 0 heterocycles. The Labute approximate surface area is 107 Å². The molecule has 0 aliphatic rings. The molecule has 19 heavy (non-hydrogen) atoms. The van der Waals surface area contributed by atoms with Gasteiger partial charge in [0.25, 0.3) is 18.0 Å². The molecule has 0 aliphatic carbocycles. The molecule has 0 spiro atoms. The molecule has 0 bridgehead atoms. The van der Waals surface area contributed by atoms with Crippen LogP contribution in [0.3, 0.4) is 0 Å². The van der Waals surface area contributed by atoms with Crippen LogP contribution in [0.15, 0.2) is 24.3 Å². The fourth-order valence-corrected chi connectivity index (χ4v) is 1.47. The molecule has 0 aromatic heterocycles. The van der Waals surface area contributed by atoms with Crippen molar-refractivity contribution in [1.29, 1.82) is 0 Å². The predicted molar refractivity (Wildman–Crippen MR) is 62.1 cm³/mol. The van der Waals surface area contributed by atoms with E-state index in [1.807, 2.05) is 0 Å². The molecule has 1 aromatic rings. The minimum absolute atomic E-state index is 0.0553. The summed E-state index contributed by atoms with van der Waals surface area (Å²) < 4.78 is 24.6. The fourth-order valence-electron chi connectivity index (χ4n) is 1.47. The van der Waals surface area contributed by atoms with Gasteiger partial charge in [-0.3, -0.25) is 14.9 Å². The zero-order valence-corrected chi connectivity index (χ0v) is 9.83. The largest absolute Gasteiger partial charge is 0.395 e. The highest BCUT2D eigenvalue weighted by Crippen LogP contribution is 2.14. The molecule has 0 saturated heterocycles. The van der Waals surface area contributed by atoms with Gasteiger partial charge in [0.1, 0.15) is 0 Å². The van der Waals surface area contributed by atoms with E-state index in [1.165, 1.54) is 12.1 Å². The highest BCUT2D eigenvalue weighted by molar-refractivity contribution is 5.94. The van der Waals surface area contributed by atoms with Gasteiger partial charge in [-0.15, -0.1) is 0 Å². The zero-order valence-electron chi connectivity index (χ0n) is 9.83. The lowest BCUT2D eigenvalue weighted by Gasteiger charge is -2.21.